The van der Waals surface area contributed by atoms with Gasteiger partial charge in [0.15, 0.2) is 5.78 Å². The highest BCUT2D eigenvalue weighted by Crippen LogP contribution is 2.19. The van der Waals surface area contributed by atoms with E-state index in [9.17, 15) is 14.7 Å². The number of aliphatic hydroxyl groups is 1. The molecule has 98 valence electrons. The maximum absolute atomic E-state index is 11.9. The average molecular weight is 271 g/mol. The molecule has 0 heterocycles. The monoisotopic (exact) mass is 270 g/mol. The molecule has 0 fully saturated rings. The predicted molar refractivity (Wildman–Crippen MR) is 68.0 cm³/mol. The summed E-state index contributed by atoms with van der Waals surface area (Å²) in [7, 11) is 0. The van der Waals surface area contributed by atoms with Crippen LogP contribution in [0.3, 0.4) is 0 Å². The summed E-state index contributed by atoms with van der Waals surface area (Å²) < 4.78 is 4.87. The van der Waals surface area contributed by atoms with E-state index >= 15 is 0 Å². The lowest BCUT2D eigenvalue weighted by Crippen LogP contribution is -2.17. The van der Waals surface area contributed by atoms with E-state index in [2.05, 4.69) is 0 Å². The fraction of sp³-hybridized carbons (Fsp3) is 0.385. The Kier molecular flexibility index (Phi) is 5.31. The minimum absolute atomic E-state index is 0.197. The lowest BCUT2D eigenvalue weighted by molar-refractivity contribution is 0.0522. The first-order valence-corrected chi connectivity index (χ1v) is 6.04. The van der Waals surface area contributed by atoms with Crippen LogP contribution in [-0.2, 0) is 11.3 Å². The van der Waals surface area contributed by atoms with Crippen LogP contribution in [0, 0.1) is 0 Å². The van der Waals surface area contributed by atoms with Crippen molar-refractivity contribution in [2.75, 3.05) is 6.61 Å². The number of Topliss-reactive ketones (excluding diaryl/α,β-unsaturated/α-hetero) is 1. The molecular weight excluding hydrogens is 256 g/mol. The molecule has 0 aliphatic rings. The van der Waals surface area contributed by atoms with E-state index in [0.29, 0.717) is 0 Å². The second-order valence-corrected chi connectivity index (χ2v) is 4.35. The van der Waals surface area contributed by atoms with Crippen LogP contribution < -0.4 is 0 Å². The fourth-order valence-corrected chi connectivity index (χ4v) is 1.72. The van der Waals surface area contributed by atoms with Crippen LogP contribution >= 0.6 is 11.6 Å². The van der Waals surface area contributed by atoms with Gasteiger partial charge in [0.2, 0.25) is 0 Å². The SMILES string of the molecule is CCOC(=O)c1cccc(C(=O)C(C)Cl)c1CO. The zero-order valence-corrected chi connectivity index (χ0v) is 11.0. The number of ketones is 1. The van der Waals surface area contributed by atoms with E-state index in [0.717, 1.165) is 0 Å². The van der Waals surface area contributed by atoms with E-state index in [1.807, 2.05) is 0 Å². The molecule has 1 N–H and O–H groups in total. The van der Waals surface area contributed by atoms with Gasteiger partial charge in [-0.25, -0.2) is 4.79 Å². The van der Waals surface area contributed by atoms with Crippen molar-refractivity contribution in [1.82, 2.24) is 0 Å². The fourth-order valence-electron chi connectivity index (χ4n) is 1.60. The Balaban J connectivity index is 3.26. The van der Waals surface area contributed by atoms with Gasteiger partial charge in [-0.05, 0) is 19.9 Å². The molecule has 0 aromatic heterocycles. The van der Waals surface area contributed by atoms with E-state index in [4.69, 9.17) is 16.3 Å². The largest absolute Gasteiger partial charge is 0.462 e. The Morgan fingerprint density at radius 3 is 2.50 bits per heavy atom. The smallest absolute Gasteiger partial charge is 0.338 e. The Hall–Kier alpha value is -1.39. The zero-order valence-electron chi connectivity index (χ0n) is 10.3. The molecule has 0 aliphatic heterocycles. The third-order valence-corrected chi connectivity index (χ3v) is 2.65. The van der Waals surface area contributed by atoms with Gasteiger partial charge in [0.25, 0.3) is 0 Å². The number of ether oxygens (including phenoxy) is 1. The van der Waals surface area contributed by atoms with Crippen LogP contribution in [0.15, 0.2) is 18.2 Å². The molecule has 4 nitrogen and oxygen atoms in total. The maximum Gasteiger partial charge on any atom is 0.338 e. The van der Waals surface area contributed by atoms with Gasteiger partial charge in [-0.15, -0.1) is 11.6 Å². The average Bonchev–Trinajstić information content (AvgIpc) is 2.36. The highest BCUT2D eigenvalue weighted by atomic mass is 35.5. The van der Waals surface area contributed by atoms with E-state index < -0.39 is 18.0 Å². The van der Waals surface area contributed by atoms with Crippen molar-refractivity contribution < 1.29 is 19.4 Å². The first-order valence-electron chi connectivity index (χ1n) is 5.61. The number of aliphatic hydroxyl groups excluding tert-OH is 1. The van der Waals surface area contributed by atoms with Crippen molar-refractivity contribution in [3.05, 3.63) is 34.9 Å². The molecule has 0 bridgehead atoms. The van der Waals surface area contributed by atoms with E-state index in [-0.39, 0.29) is 29.1 Å². The molecule has 0 saturated heterocycles. The van der Waals surface area contributed by atoms with Crippen LogP contribution in [0.2, 0.25) is 0 Å². The van der Waals surface area contributed by atoms with Crippen molar-refractivity contribution >= 4 is 23.4 Å². The molecular formula is C13H15ClO4. The number of halogens is 1. The molecule has 1 rings (SSSR count). The maximum atomic E-state index is 11.9. The third-order valence-electron chi connectivity index (χ3n) is 2.46. The van der Waals surface area contributed by atoms with Gasteiger partial charge >= 0.3 is 5.97 Å². The zero-order chi connectivity index (χ0) is 13.7. The topological polar surface area (TPSA) is 63.6 Å². The Bertz CT molecular complexity index is 454. The number of esters is 1. The number of carbonyl (C=O) groups is 2. The summed E-state index contributed by atoms with van der Waals surface area (Å²) in [4.78, 5) is 23.6. The first kappa shape index (κ1) is 14.7. The summed E-state index contributed by atoms with van der Waals surface area (Å²) in [5, 5.41) is 8.63. The number of alkyl halides is 1. The molecule has 5 heteroatoms. The lowest BCUT2D eigenvalue weighted by Gasteiger charge is -2.12. The van der Waals surface area contributed by atoms with E-state index in [1.165, 1.54) is 12.1 Å². The molecule has 1 unspecified atom stereocenters. The van der Waals surface area contributed by atoms with E-state index in [1.54, 1.807) is 19.9 Å². The predicted octanol–water partition coefficient (Wildman–Crippen LogP) is 2.17. The highest BCUT2D eigenvalue weighted by molar-refractivity contribution is 6.33. The summed E-state index contributed by atoms with van der Waals surface area (Å²) >= 11 is 5.74. The number of hydrogen-bond acceptors (Lipinski definition) is 4. The summed E-state index contributed by atoms with van der Waals surface area (Å²) in [6.07, 6.45) is 0. The number of hydrogen-bond donors (Lipinski definition) is 1. The summed E-state index contributed by atoms with van der Waals surface area (Å²) in [6.45, 7) is 3.04. The van der Waals surface area contributed by atoms with Crippen LogP contribution in [0.4, 0.5) is 0 Å². The van der Waals surface area contributed by atoms with Gasteiger partial charge in [-0.3, -0.25) is 4.79 Å². The minimum Gasteiger partial charge on any atom is -0.462 e. The number of carbonyl (C=O) groups excluding carboxylic acids is 2. The Morgan fingerprint density at radius 1 is 1.39 bits per heavy atom. The third kappa shape index (κ3) is 3.09. The number of benzene rings is 1. The van der Waals surface area contributed by atoms with Gasteiger partial charge in [0, 0.05) is 11.1 Å². The highest BCUT2D eigenvalue weighted by Gasteiger charge is 2.21. The van der Waals surface area contributed by atoms with Crippen LogP contribution in [0.5, 0.6) is 0 Å². The Labute approximate surface area is 111 Å². The molecule has 18 heavy (non-hydrogen) atoms. The van der Waals surface area contributed by atoms with Crippen LogP contribution in [0.25, 0.3) is 0 Å². The van der Waals surface area contributed by atoms with Crippen molar-refractivity contribution in [3.8, 4) is 0 Å². The molecule has 0 radical (unpaired) electrons. The molecule has 1 aromatic rings. The minimum atomic E-state index is -0.715. The lowest BCUT2D eigenvalue weighted by atomic mass is 9.97. The summed E-state index contributed by atoms with van der Waals surface area (Å²) in [5.41, 5.74) is 0.710. The van der Waals surface area contributed by atoms with Gasteiger partial charge in [0.1, 0.15) is 0 Å². The quantitative estimate of drug-likeness (QED) is 0.506. The van der Waals surface area contributed by atoms with Crippen LogP contribution in [-0.4, -0.2) is 28.8 Å². The standard InChI is InChI=1S/C13H15ClO4/c1-3-18-13(17)10-6-4-5-9(11(10)7-15)12(16)8(2)14/h4-6,8,15H,3,7H2,1-2H3. The van der Waals surface area contributed by atoms with Gasteiger partial charge in [-0.1, -0.05) is 12.1 Å². The molecule has 1 aromatic carbocycles. The summed E-state index contributed by atoms with van der Waals surface area (Å²) in [5.74, 6) is -0.884. The molecule has 0 spiro atoms. The number of rotatable bonds is 5. The molecule has 0 saturated carbocycles. The first-order chi connectivity index (χ1) is 8.52. The van der Waals surface area contributed by atoms with Gasteiger partial charge in [-0.2, -0.15) is 0 Å². The van der Waals surface area contributed by atoms with Crippen molar-refractivity contribution in [2.24, 2.45) is 0 Å². The van der Waals surface area contributed by atoms with Gasteiger partial charge in [0.05, 0.1) is 24.2 Å². The van der Waals surface area contributed by atoms with Crippen molar-refractivity contribution in [2.45, 2.75) is 25.8 Å². The van der Waals surface area contributed by atoms with Gasteiger partial charge < -0.3 is 9.84 Å². The van der Waals surface area contributed by atoms with Crippen molar-refractivity contribution in [1.29, 1.82) is 0 Å². The summed E-state index contributed by atoms with van der Waals surface area (Å²) in [6, 6.07) is 4.62. The molecule has 0 aliphatic carbocycles. The second kappa shape index (κ2) is 6.52. The Morgan fingerprint density at radius 2 is 2.00 bits per heavy atom. The van der Waals surface area contributed by atoms with Crippen LogP contribution in [0.1, 0.15) is 40.1 Å². The molecule has 1 atom stereocenters. The normalized spacial score (nSPS) is 12.0. The second-order valence-electron chi connectivity index (χ2n) is 3.69. The van der Waals surface area contributed by atoms with Crippen molar-refractivity contribution in [3.63, 3.8) is 0 Å². The molecule has 0 amide bonds.